The number of hydrogen-bond donors (Lipinski definition) is 4. The van der Waals surface area contributed by atoms with Crippen molar-refractivity contribution in [3.8, 4) is 11.5 Å². The molecule has 3 aromatic rings. The highest BCUT2D eigenvalue weighted by atomic mass is 19.4. The van der Waals surface area contributed by atoms with Gasteiger partial charge in [0.25, 0.3) is 0 Å². The first-order chi connectivity index (χ1) is 18.3. The molecule has 1 aliphatic heterocycles. The lowest BCUT2D eigenvalue weighted by Gasteiger charge is -2.25. The van der Waals surface area contributed by atoms with E-state index in [0.29, 0.717) is 42.0 Å². The fourth-order valence-corrected chi connectivity index (χ4v) is 4.13. The van der Waals surface area contributed by atoms with Crippen LogP contribution in [0.5, 0.6) is 11.5 Å². The molecule has 0 bridgehead atoms. The Morgan fingerprint density at radius 2 is 1.76 bits per heavy atom. The van der Waals surface area contributed by atoms with Crippen LogP contribution >= 0.6 is 0 Å². The van der Waals surface area contributed by atoms with Crippen molar-refractivity contribution < 1.29 is 22.6 Å². The van der Waals surface area contributed by atoms with Crippen LogP contribution in [0, 0.1) is 5.41 Å². The number of nitrogens with two attached hydrogens (primary N) is 1. The minimum atomic E-state index is -4.53. The molecule has 5 N–H and O–H groups in total. The van der Waals surface area contributed by atoms with Gasteiger partial charge in [-0.25, -0.2) is 0 Å². The molecule has 0 saturated carbocycles. The van der Waals surface area contributed by atoms with Crippen LogP contribution in [-0.4, -0.2) is 31.6 Å². The lowest BCUT2D eigenvalue weighted by Crippen LogP contribution is -2.34. The Morgan fingerprint density at radius 3 is 2.47 bits per heavy atom. The maximum Gasteiger partial charge on any atom is 0.420 e. The van der Waals surface area contributed by atoms with Gasteiger partial charge in [-0.2, -0.15) is 13.2 Å². The number of nitrogens with one attached hydrogen (secondary N) is 3. The van der Waals surface area contributed by atoms with Gasteiger partial charge in [0.05, 0.1) is 5.56 Å². The van der Waals surface area contributed by atoms with Crippen molar-refractivity contribution in [2.45, 2.75) is 31.7 Å². The second-order valence-corrected chi connectivity index (χ2v) is 9.00. The molecule has 0 spiro atoms. The van der Waals surface area contributed by atoms with Crippen LogP contribution < -0.4 is 25.8 Å². The summed E-state index contributed by atoms with van der Waals surface area (Å²) in [4.78, 5) is 0. The van der Waals surface area contributed by atoms with Gasteiger partial charge in [0.2, 0.25) is 0 Å². The first kappa shape index (κ1) is 27.1. The largest absolute Gasteiger partial charge is 0.490 e. The topological polar surface area (TPSA) is 92.4 Å². The van der Waals surface area contributed by atoms with Crippen molar-refractivity contribution in [3.63, 3.8) is 0 Å². The summed E-state index contributed by atoms with van der Waals surface area (Å²) in [5.74, 6) is 0.388. The molecule has 0 atom stereocenters. The number of ether oxygens (including phenoxy) is 2. The summed E-state index contributed by atoms with van der Waals surface area (Å²) in [6.07, 6.45) is 0.144. The van der Waals surface area contributed by atoms with E-state index < -0.39 is 11.7 Å². The maximum atomic E-state index is 13.8. The highest BCUT2D eigenvalue weighted by Crippen LogP contribution is 2.38. The number of nitrogen functional groups attached to an aromatic ring is 1. The van der Waals surface area contributed by atoms with E-state index in [1.807, 2.05) is 30.3 Å². The number of benzene rings is 3. The van der Waals surface area contributed by atoms with Crippen LogP contribution in [0.15, 0.2) is 72.8 Å². The Kier molecular flexibility index (Phi) is 8.91. The number of hydrogen-bond acceptors (Lipinski definition) is 5. The van der Waals surface area contributed by atoms with Crippen LogP contribution in [0.4, 0.5) is 18.9 Å². The van der Waals surface area contributed by atoms with Gasteiger partial charge in [0.15, 0.2) is 0 Å². The second-order valence-electron chi connectivity index (χ2n) is 9.00. The molecule has 0 radical (unpaired) electrons. The van der Waals surface area contributed by atoms with Crippen molar-refractivity contribution in [2.24, 2.45) is 5.73 Å². The van der Waals surface area contributed by atoms with Crippen molar-refractivity contribution >= 4 is 17.6 Å². The molecular formula is C29H31F3N4O2. The number of alkyl halides is 3. The van der Waals surface area contributed by atoms with Crippen molar-refractivity contribution in [2.75, 3.05) is 25.0 Å². The zero-order chi connectivity index (χ0) is 27.0. The van der Waals surface area contributed by atoms with E-state index in [1.54, 1.807) is 36.4 Å². The highest BCUT2D eigenvalue weighted by Gasteiger charge is 2.35. The van der Waals surface area contributed by atoms with E-state index in [0.717, 1.165) is 24.7 Å². The van der Waals surface area contributed by atoms with Crippen molar-refractivity contribution in [1.82, 2.24) is 5.32 Å². The third-order valence-corrected chi connectivity index (χ3v) is 6.14. The molecule has 3 aromatic carbocycles. The highest BCUT2D eigenvalue weighted by molar-refractivity contribution is 5.95. The molecule has 1 saturated heterocycles. The summed E-state index contributed by atoms with van der Waals surface area (Å²) < 4.78 is 53.0. The summed E-state index contributed by atoms with van der Waals surface area (Å²) in [6.45, 7) is 2.10. The Balaban J connectivity index is 1.44. The number of anilines is 1. The van der Waals surface area contributed by atoms with Gasteiger partial charge < -0.3 is 25.8 Å². The standard InChI is InChI=1S/C29H31F3N4O2/c30-29(31,32)25-18-23(9-11-27(25)38-24-12-15-35-16-13-24)36-14-4-7-21-17-22(28(33)34)8-10-26(21)37-19-20-5-2-1-3-6-20/h1-11,17-18,24,35-36H,12-16,19H2,(H3,33,34). The third-order valence-electron chi connectivity index (χ3n) is 6.14. The molecule has 0 aliphatic carbocycles. The number of piperidine rings is 1. The monoisotopic (exact) mass is 524 g/mol. The minimum absolute atomic E-state index is 0.0705. The van der Waals surface area contributed by atoms with Gasteiger partial charge in [0.1, 0.15) is 30.0 Å². The zero-order valence-corrected chi connectivity index (χ0v) is 20.9. The van der Waals surface area contributed by atoms with E-state index in [9.17, 15) is 13.2 Å². The number of halogens is 3. The summed E-state index contributed by atoms with van der Waals surface area (Å²) in [6, 6.07) is 19.0. The average molecular weight is 525 g/mol. The molecule has 1 aliphatic rings. The van der Waals surface area contributed by atoms with Crippen molar-refractivity contribution in [3.05, 3.63) is 95.1 Å². The van der Waals surface area contributed by atoms with Crippen LogP contribution in [0.2, 0.25) is 0 Å². The lowest BCUT2D eigenvalue weighted by molar-refractivity contribution is -0.139. The summed E-state index contributed by atoms with van der Waals surface area (Å²) in [5, 5.41) is 13.9. The molecule has 38 heavy (non-hydrogen) atoms. The van der Waals surface area contributed by atoms with E-state index in [1.165, 1.54) is 6.07 Å². The maximum absolute atomic E-state index is 13.8. The summed E-state index contributed by atoms with van der Waals surface area (Å²) in [5.41, 5.74) is 7.44. The zero-order valence-electron chi connectivity index (χ0n) is 20.9. The molecule has 0 amide bonds. The molecular weight excluding hydrogens is 493 g/mol. The van der Waals surface area contributed by atoms with Crippen LogP contribution in [0.3, 0.4) is 0 Å². The minimum Gasteiger partial charge on any atom is -0.490 e. The predicted octanol–water partition coefficient (Wildman–Crippen LogP) is 5.82. The molecule has 200 valence electrons. The molecule has 0 aromatic heterocycles. The summed E-state index contributed by atoms with van der Waals surface area (Å²) >= 11 is 0. The Hall–Kier alpha value is -3.98. The molecule has 6 nitrogen and oxygen atoms in total. The predicted molar refractivity (Wildman–Crippen MR) is 144 cm³/mol. The Bertz CT molecular complexity index is 1260. The lowest BCUT2D eigenvalue weighted by atomic mass is 10.1. The van der Waals surface area contributed by atoms with Gasteiger partial charge >= 0.3 is 6.18 Å². The van der Waals surface area contributed by atoms with Gasteiger partial charge in [0, 0.05) is 23.4 Å². The SMILES string of the molecule is N=C(N)c1ccc(OCc2ccccc2)c(C=CCNc2ccc(OC3CCNCC3)c(C(F)(F)F)c2)c1. The normalized spacial score (nSPS) is 14.4. The molecule has 1 fully saturated rings. The second kappa shape index (κ2) is 12.5. The van der Waals surface area contributed by atoms with Crippen LogP contribution in [-0.2, 0) is 12.8 Å². The molecule has 0 unspecified atom stereocenters. The van der Waals surface area contributed by atoms with E-state index in [-0.39, 0.29) is 24.2 Å². The van der Waals surface area contributed by atoms with E-state index in [4.69, 9.17) is 20.6 Å². The van der Waals surface area contributed by atoms with Gasteiger partial charge in [-0.05, 0) is 67.9 Å². The molecule has 1 heterocycles. The van der Waals surface area contributed by atoms with Gasteiger partial charge in [-0.3, -0.25) is 5.41 Å². The summed E-state index contributed by atoms with van der Waals surface area (Å²) in [7, 11) is 0. The van der Waals surface area contributed by atoms with Crippen LogP contribution in [0.1, 0.15) is 35.1 Å². The first-order valence-corrected chi connectivity index (χ1v) is 12.4. The van der Waals surface area contributed by atoms with Gasteiger partial charge in [-0.15, -0.1) is 0 Å². The smallest absolute Gasteiger partial charge is 0.420 e. The van der Waals surface area contributed by atoms with Gasteiger partial charge in [-0.1, -0.05) is 42.5 Å². The Morgan fingerprint density at radius 1 is 1.03 bits per heavy atom. The Labute approximate surface area is 220 Å². The average Bonchev–Trinajstić information content (AvgIpc) is 2.91. The fraction of sp³-hybridized carbons (Fsp3) is 0.276. The van der Waals surface area contributed by atoms with E-state index >= 15 is 0 Å². The molecule has 9 heteroatoms. The quantitative estimate of drug-likeness (QED) is 0.198. The third kappa shape index (κ3) is 7.52. The fourth-order valence-electron chi connectivity index (χ4n) is 4.13. The van der Waals surface area contributed by atoms with E-state index in [2.05, 4.69) is 10.6 Å². The first-order valence-electron chi connectivity index (χ1n) is 12.4. The number of rotatable bonds is 10. The van der Waals surface area contributed by atoms with Crippen molar-refractivity contribution in [1.29, 1.82) is 5.41 Å². The number of amidine groups is 1. The van der Waals surface area contributed by atoms with Crippen LogP contribution in [0.25, 0.3) is 6.08 Å². The molecule has 4 rings (SSSR count).